The van der Waals surface area contributed by atoms with Gasteiger partial charge in [0.05, 0.1) is 26.4 Å². The first kappa shape index (κ1) is 93.1. The number of hydrogen-bond acceptors (Lipinski definition) is 15. The molecule has 3 N–H and O–H groups in total. The summed E-state index contributed by atoms with van der Waals surface area (Å²) in [6.45, 7) is 14.1. The number of phosphoric acid groups is 2. The number of carbonyl (C=O) groups is 4. The summed E-state index contributed by atoms with van der Waals surface area (Å²) < 4.78 is 68.4. The molecular weight excluding hydrogens is 1250 g/mol. The Balaban J connectivity index is 5.15. The number of carbonyl (C=O) groups excluding carboxylic acids is 4. The number of phosphoric ester groups is 2. The lowest BCUT2D eigenvalue weighted by Crippen LogP contribution is -2.30. The van der Waals surface area contributed by atoms with Gasteiger partial charge in [0.1, 0.15) is 19.3 Å². The molecule has 0 spiro atoms. The Kier molecular flexibility index (Phi) is 64.0. The maximum atomic E-state index is 13.1. The van der Waals surface area contributed by atoms with Crippen LogP contribution in [0.4, 0.5) is 0 Å². The highest BCUT2D eigenvalue weighted by atomic mass is 31.2. The van der Waals surface area contributed by atoms with Crippen LogP contribution in [0.2, 0.25) is 0 Å². The van der Waals surface area contributed by atoms with E-state index in [0.717, 1.165) is 108 Å². The zero-order chi connectivity index (χ0) is 70.3. The molecule has 0 aliphatic rings. The number of rotatable bonds is 73. The van der Waals surface area contributed by atoms with Crippen molar-refractivity contribution in [3.05, 3.63) is 0 Å². The van der Waals surface area contributed by atoms with Gasteiger partial charge in [0.25, 0.3) is 0 Å². The second kappa shape index (κ2) is 65.4. The monoisotopic (exact) mass is 1400 g/mol. The zero-order valence-corrected chi connectivity index (χ0v) is 64.1. The lowest BCUT2D eigenvalue weighted by molar-refractivity contribution is -0.161. The van der Waals surface area contributed by atoms with Gasteiger partial charge in [0, 0.05) is 25.7 Å². The SMILES string of the molecule is CCC(C)CCCCCCCCCCCCC(=O)O[C@H](COC(=O)CCCCCCCCCC(C)C)COP(=O)(O)OCC(O)COP(=O)(O)OC[C@@H](COC(=O)CCCCCCCCCCCCCCCCCCCCC(C)C)OC(=O)CCCCCCCCCC(C)C. The Morgan fingerprint density at radius 1 is 0.295 bits per heavy atom. The van der Waals surface area contributed by atoms with Gasteiger partial charge in [-0.25, -0.2) is 9.13 Å². The summed E-state index contributed by atoms with van der Waals surface area (Å²) in [4.78, 5) is 72.7. The van der Waals surface area contributed by atoms with Gasteiger partial charge < -0.3 is 33.8 Å². The van der Waals surface area contributed by atoms with E-state index < -0.39 is 97.5 Å². The fourth-order valence-electron chi connectivity index (χ4n) is 11.5. The molecule has 0 rings (SSSR count). The lowest BCUT2D eigenvalue weighted by Gasteiger charge is -2.21. The maximum absolute atomic E-state index is 13.1. The van der Waals surface area contributed by atoms with Gasteiger partial charge >= 0.3 is 39.5 Å². The van der Waals surface area contributed by atoms with Gasteiger partial charge in [-0.3, -0.25) is 37.3 Å². The predicted octanol–water partition coefficient (Wildman–Crippen LogP) is 22.0. The van der Waals surface area contributed by atoms with Crippen LogP contribution in [0, 0.1) is 23.7 Å². The van der Waals surface area contributed by atoms with E-state index in [9.17, 15) is 43.2 Å². The van der Waals surface area contributed by atoms with Crippen LogP contribution in [-0.2, 0) is 65.4 Å². The third-order valence-corrected chi connectivity index (χ3v) is 19.8. The first-order valence-electron chi connectivity index (χ1n) is 39.2. The number of aliphatic hydroxyl groups excluding tert-OH is 1. The third-order valence-electron chi connectivity index (χ3n) is 17.9. The molecule has 17 nitrogen and oxygen atoms in total. The number of esters is 4. The highest BCUT2D eigenvalue weighted by Gasteiger charge is 2.30. The molecule has 0 aromatic heterocycles. The Morgan fingerprint density at radius 3 is 0.747 bits per heavy atom. The Hall–Kier alpha value is -1.94. The predicted molar refractivity (Wildman–Crippen MR) is 386 cm³/mol. The van der Waals surface area contributed by atoms with Crippen molar-refractivity contribution in [2.45, 2.75) is 401 Å². The maximum Gasteiger partial charge on any atom is 0.472 e. The first-order chi connectivity index (χ1) is 45.6. The minimum absolute atomic E-state index is 0.103. The number of unbranched alkanes of at least 4 members (excludes halogenated alkanes) is 38. The van der Waals surface area contributed by atoms with Crippen molar-refractivity contribution in [1.82, 2.24) is 0 Å². The molecule has 4 unspecified atom stereocenters. The number of hydrogen-bond donors (Lipinski definition) is 3. The largest absolute Gasteiger partial charge is 0.472 e. The van der Waals surface area contributed by atoms with Crippen molar-refractivity contribution < 1.29 is 80.2 Å². The van der Waals surface area contributed by atoms with Crippen LogP contribution >= 0.6 is 15.6 Å². The third kappa shape index (κ3) is 69.0. The second-order valence-corrected chi connectivity index (χ2v) is 32.0. The highest BCUT2D eigenvalue weighted by Crippen LogP contribution is 2.45. The highest BCUT2D eigenvalue weighted by molar-refractivity contribution is 7.47. The van der Waals surface area contributed by atoms with E-state index in [2.05, 4.69) is 55.4 Å². The molecule has 0 fully saturated rings. The van der Waals surface area contributed by atoms with Crippen molar-refractivity contribution in [2.24, 2.45) is 23.7 Å². The van der Waals surface area contributed by atoms with Crippen LogP contribution in [0.5, 0.6) is 0 Å². The molecule has 0 aromatic carbocycles. The van der Waals surface area contributed by atoms with Crippen molar-refractivity contribution in [3.8, 4) is 0 Å². The van der Waals surface area contributed by atoms with Crippen LogP contribution < -0.4 is 0 Å². The topological polar surface area (TPSA) is 237 Å². The zero-order valence-electron chi connectivity index (χ0n) is 62.3. The molecule has 0 amide bonds. The minimum atomic E-state index is -4.96. The molecule has 0 saturated carbocycles. The molecule has 0 aromatic rings. The van der Waals surface area contributed by atoms with Crippen molar-refractivity contribution >= 4 is 39.5 Å². The quantitative estimate of drug-likeness (QED) is 0.0222. The van der Waals surface area contributed by atoms with E-state index in [4.69, 9.17) is 37.0 Å². The summed E-state index contributed by atoms with van der Waals surface area (Å²) in [5.41, 5.74) is 0. The van der Waals surface area contributed by atoms with E-state index in [-0.39, 0.29) is 25.7 Å². The average molecular weight is 1400 g/mol. The van der Waals surface area contributed by atoms with E-state index in [1.165, 1.54) is 180 Å². The van der Waals surface area contributed by atoms with E-state index in [1.54, 1.807) is 0 Å². The van der Waals surface area contributed by atoms with Gasteiger partial charge in [-0.05, 0) is 49.4 Å². The smallest absolute Gasteiger partial charge is 0.462 e. The molecule has 0 aliphatic heterocycles. The average Bonchev–Trinajstić information content (AvgIpc) is 1.59. The van der Waals surface area contributed by atoms with Gasteiger partial charge in [-0.15, -0.1) is 0 Å². The molecule has 0 heterocycles. The molecule has 564 valence electrons. The molecule has 6 atom stereocenters. The van der Waals surface area contributed by atoms with E-state index in [0.29, 0.717) is 37.5 Å². The van der Waals surface area contributed by atoms with E-state index >= 15 is 0 Å². The summed E-state index contributed by atoms with van der Waals surface area (Å²) in [5.74, 6) is 0.901. The first-order valence-corrected chi connectivity index (χ1v) is 42.2. The van der Waals surface area contributed by atoms with Crippen LogP contribution in [0.15, 0.2) is 0 Å². The molecular formula is C76H148O17P2. The fourth-order valence-corrected chi connectivity index (χ4v) is 13.1. The van der Waals surface area contributed by atoms with Crippen molar-refractivity contribution in [2.75, 3.05) is 39.6 Å². The number of ether oxygens (including phenoxy) is 4. The lowest BCUT2D eigenvalue weighted by atomic mass is 9.99. The molecule has 19 heteroatoms. The number of aliphatic hydroxyl groups is 1. The Morgan fingerprint density at radius 2 is 0.505 bits per heavy atom. The van der Waals surface area contributed by atoms with Crippen molar-refractivity contribution in [1.29, 1.82) is 0 Å². The normalized spacial score (nSPS) is 14.4. The van der Waals surface area contributed by atoms with Crippen LogP contribution in [0.25, 0.3) is 0 Å². The molecule has 0 aliphatic carbocycles. The Bertz CT molecular complexity index is 1870. The minimum Gasteiger partial charge on any atom is -0.462 e. The fraction of sp³-hybridized carbons (Fsp3) is 0.947. The molecule has 0 radical (unpaired) electrons. The Labute approximate surface area is 581 Å². The van der Waals surface area contributed by atoms with Crippen LogP contribution in [0.3, 0.4) is 0 Å². The summed E-state index contributed by atoms with van der Waals surface area (Å²) in [6, 6.07) is 0. The summed E-state index contributed by atoms with van der Waals surface area (Å²) in [6.07, 6.45) is 50.2. The summed E-state index contributed by atoms with van der Waals surface area (Å²) >= 11 is 0. The van der Waals surface area contributed by atoms with Gasteiger partial charge in [0.2, 0.25) is 0 Å². The van der Waals surface area contributed by atoms with Gasteiger partial charge in [-0.1, -0.05) is 331 Å². The van der Waals surface area contributed by atoms with Gasteiger partial charge in [-0.2, -0.15) is 0 Å². The molecule has 95 heavy (non-hydrogen) atoms. The standard InChI is InChI=1S/C76H148O17P2/c1-9-69(8)55-47-39-31-23-20-21-25-33-42-50-58-75(80)92-71(63-87-74(79)57-49-41-34-26-29-37-45-53-67(4)5)64-90-94(82,83)88-60-70(77)61-89-95(84,85)91-65-72(93-76(81)59-51-43-35-27-30-38-46-54-68(6)7)62-86-73(78)56-48-40-32-24-19-17-15-13-11-10-12-14-16-18-22-28-36-44-52-66(2)3/h66-72,77H,9-65H2,1-8H3,(H,82,83)(H,84,85)/t69?,70?,71-,72-/m1/s1. The van der Waals surface area contributed by atoms with Crippen molar-refractivity contribution in [3.63, 3.8) is 0 Å². The van der Waals surface area contributed by atoms with Crippen LogP contribution in [-0.4, -0.2) is 96.7 Å². The second-order valence-electron chi connectivity index (χ2n) is 29.1. The summed E-state index contributed by atoms with van der Waals surface area (Å²) in [5, 5.41) is 10.6. The molecule has 0 bridgehead atoms. The van der Waals surface area contributed by atoms with E-state index in [1.807, 2.05) is 0 Å². The molecule has 0 saturated heterocycles. The summed E-state index contributed by atoms with van der Waals surface area (Å²) in [7, 11) is -9.91. The van der Waals surface area contributed by atoms with Crippen LogP contribution in [0.1, 0.15) is 383 Å². The van der Waals surface area contributed by atoms with Gasteiger partial charge in [0.15, 0.2) is 12.2 Å².